The van der Waals surface area contributed by atoms with Crippen LogP contribution in [0.5, 0.6) is 0 Å². The molecule has 0 unspecified atom stereocenters. The molecule has 4 rings (SSSR count). The van der Waals surface area contributed by atoms with Gasteiger partial charge in [0.25, 0.3) is 0 Å². The summed E-state index contributed by atoms with van der Waals surface area (Å²) in [5, 5.41) is 3.29. The summed E-state index contributed by atoms with van der Waals surface area (Å²) in [5.74, 6) is 0.816. The van der Waals surface area contributed by atoms with Crippen LogP contribution in [0.15, 0.2) is 47.6 Å². The van der Waals surface area contributed by atoms with E-state index >= 15 is 0 Å². The van der Waals surface area contributed by atoms with Gasteiger partial charge in [0.1, 0.15) is 10.3 Å². The minimum atomic E-state index is 0.0855. The molecule has 0 aliphatic carbocycles. The SMILES string of the molecule is Cc1cnc2c(NCCN=C(N)N)nc3cc(-c4ccccc4)sc3n12. The van der Waals surface area contributed by atoms with Gasteiger partial charge in [-0.3, -0.25) is 9.39 Å². The summed E-state index contributed by atoms with van der Waals surface area (Å²) in [5.41, 5.74) is 14.7. The number of nitrogens with two attached hydrogens (primary N) is 2. The summed E-state index contributed by atoms with van der Waals surface area (Å²) >= 11 is 1.72. The zero-order valence-corrected chi connectivity index (χ0v) is 15.1. The maximum absolute atomic E-state index is 5.37. The molecule has 132 valence electrons. The lowest BCUT2D eigenvalue weighted by Gasteiger charge is -2.07. The molecule has 8 heteroatoms. The maximum Gasteiger partial charge on any atom is 0.185 e. The quantitative estimate of drug-likeness (QED) is 0.286. The Kier molecular flexibility index (Phi) is 4.18. The van der Waals surface area contributed by atoms with E-state index in [1.54, 1.807) is 11.3 Å². The number of imidazole rings is 1. The molecule has 4 aromatic rings. The van der Waals surface area contributed by atoms with Gasteiger partial charge in [-0.05, 0) is 18.6 Å². The van der Waals surface area contributed by atoms with Gasteiger partial charge in [-0.2, -0.15) is 0 Å². The summed E-state index contributed by atoms with van der Waals surface area (Å²) in [6.45, 7) is 3.10. The fraction of sp³-hybridized carbons (Fsp3) is 0.167. The Labute approximate surface area is 154 Å². The van der Waals surface area contributed by atoms with Crippen molar-refractivity contribution in [2.75, 3.05) is 18.4 Å². The first-order valence-electron chi connectivity index (χ1n) is 8.26. The molecular weight excluding hydrogens is 346 g/mol. The van der Waals surface area contributed by atoms with E-state index in [1.807, 2.05) is 31.3 Å². The number of fused-ring (bicyclic) bond motifs is 3. The van der Waals surface area contributed by atoms with Gasteiger partial charge < -0.3 is 16.8 Å². The molecule has 0 aliphatic rings. The van der Waals surface area contributed by atoms with Crippen LogP contribution >= 0.6 is 11.3 Å². The number of nitrogens with zero attached hydrogens (tertiary/aromatic N) is 4. The van der Waals surface area contributed by atoms with Gasteiger partial charge in [0.15, 0.2) is 17.4 Å². The van der Waals surface area contributed by atoms with Gasteiger partial charge in [0.2, 0.25) is 0 Å². The number of aliphatic imine (C=N–C) groups is 1. The zero-order valence-electron chi connectivity index (χ0n) is 14.3. The third-order valence-corrected chi connectivity index (χ3v) is 5.19. The van der Waals surface area contributed by atoms with Crippen LogP contribution in [0.1, 0.15) is 5.69 Å². The summed E-state index contributed by atoms with van der Waals surface area (Å²) < 4.78 is 2.14. The topological polar surface area (TPSA) is 107 Å². The number of nitrogens with one attached hydrogen (secondary N) is 1. The van der Waals surface area contributed by atoms with Gasteiger partial charge in [-0.25, -0.2) is 9.97 Å². The highest BCUT2D eigenvalue weighted by Gasteiger charge is 2.15. The molecule has 0 spiro atoms. The smallest absolute Gasteiger partial charge is 0.185 e. The van der Waals surface area contributed by atoms with Crippen LogP contribution in [0.2, 0.25) is 0 Å². The average molecular weight is 365 g/mol. The van der Waals surface area contributed by atoms with Gasteiger partial charge in [-0.1, -0.05) is 30.3 Å². The Morgan fingerprint density at radius 2 is 2.08 bits per heavy atom. The predicted octanol–water partition coefficient (Wildman–Crippen LogP) is 2.60. The first-order chi connectivity index (χ1) is 12.6. The lowest BCUT2D eigenvalue weighted by molar-refractivity contribution is 1.00. The number of aryl methyl sites for hydroxylation is 1. The largest absolute Gasteiger partial charge is 0.370 e. The third-order valence-electron chi connectivity index (χ3n) is 4.04. The number of rotatable bonds is 5. The molecule has 0 amide bonds. The molecular formula is C18H19N7S. The minimum absolute atomic E-state index is 0.0855. The number of benzene rings is 1. The highest BCUT2D eigenvalue weighted by Crippen LogP contribution is 2.34. The van der Waals surface area contributed by atoms with Crippen LogP contribution in [0, 0.1) is 6.92 Å². The first-order valence-corrected chi connectivity index (χ1v) is 9.07. The number of hydrogen-bond acceptors (Lipinski definition) is 5. The van der Waals surface area contributed by atoms with E-state index in [-0.39, 0.29) is 5.96 Å². The molecule has 26 heavy (non-hydrogen) atoms. The molecule has 7 nitrogen and oxygen atoms in total. The fourth-order valence-electron chi connectivity index (χ4n) is 2.87. The predicted molar refractivity (Wildman–Crippen MR) is 108 cm³/mol. The van der Waals surface area contributed by atoms with E-state index < -0.39 is 0 Å². The van der Waals surface area contributed by atoms with Crippen molar-refractivity contribution >= 4 is 39.1 Å². The first kappa shape index (κ1) is 16.3. The summed E-state index contributed by atoms with van der Waals surface area (Å²) in [6.07, 6.45) is 1.86. The van der Waals surface area contributed by atoms with Crippen molar-refractivity contribution in [1.82, 2.24) is 14.4 Å². The van der Waals surface area contributed by atoms with Crippen LogP contribution in [0.4, 0.5) is 5.82 Å². The molecule has 0 saturated carbocycles. The van der Waals surface area contributed by atoms with Gasteiger partial charge in [0, 0.05) is 23.3 Å². The molecule has 5 N–H and O–H groups in total. The van der Waals surface area contributed by atoms with E-state index in [2.05, 4.69) is 37.9 Å². The van der Waals surface area contributed by atoms with E-state index in [0.29, 0.717) is 13.1 Å². The minimum Gasteiger partial charge on any atom is -0.370 e. The van der Waals surface area contributed by atoms with Crippen molar-refractivity contribution < 1.29 is 0 Å². The van der Waals surface area contributed by atoms with Crippen molar-refractivity contribution in [3.05, 3.63) is 48.3 Å². The number of anilines is 1. The highest BCUT2D eigenvalue weighted by molar-refractivity contribution is 7.21. The van der Waals surface area contributed by atoms with Gasteiger partial charge in [-0.15, -0.1) is 11.3 Å². The van der Waals surface area contributed by atoms with Crippen LogP contribution in [0.3, 0.4) is 0 Å². The normalized spacial score (nSPS) is 11.1. The molecule has 0 bridgehead atoms. The molecule has 0 saturated heterocycles. The van der Waals surface area contributed by atoms with Crippen molar-refractivity contribution in [3.8, 4) is 10.4 Å². The van der Waals surface area contributed by atoms with E-state index in [4.69, 9.17) is 16.5 Å². The van der Waals surface area contributed by atoms with Gasteiger partial charge >= 0.3 is 0 Å². The van der Waals surface area contributed by atoms with Gasteiger partial charge in [0.05, 0.1) is 6.54 Å². The zero-order chi connectivity index (χ0) is 18.1. The van der Waals surface area contributed by atoms with E-state index in [1.165, 1.54) is 10.4 Å². The van der Waals surface area contributed by atoms with Crippen LogP contribution < -0.4 is 16.8 Å². The number of hydrogen-bond donors (Lipinski definition) is 3. The molecule has 0 atom stereocenters. The Morgan fingerprint density at radius 3 is 2.85 bits per heavy atom. The van der Waals surface area contributed by atoms with Crippen molar-refractivity contribution in [1.29, 1.82) is 0 Å². The van der Waals surface area contributed by atoms with Crippen LogP contribution in [0.25, 0.3) is 26.4 Å². The summed E-state index contributed by atoms with van der Waals surface area (Å²) in [6, 6.07) is 12.4. The lowest BCUT2D eigenvalue weighted by atomic mass is 10.2. The molecule has 0 aliphatic heterocycles. The van der Waals surface area contributed by atoms with Crippen molar-refractivity contribution in [2.24, 2.45) is 16.5 Å². The third kappa shape index (κ3) is 2.95. The standard InChI is InChI=1S/C18H19N7S/c1-11-10-23-16-15(21-7-8-22-18(19)20)24-13-9-14(26-17(13)25(11)16)12-5-3-2-4-6-12/h2-6,9-10H,7-8H2,1H3,(H,21,24)(H4,19,20,22). The molecule has 0 radical (unpaired) electrons. The second-order valence-electron chi connectivity index (χ2n) is 5.92. The fourth-order valence-corrected chi connectivity index (χ4v) is 4.03. The monoisotopic (exact) mass is 365 g/mol. The van der Waals surface area contributed by atoms with Crippen LogP contribution in [-0.2, 0) is 0 Å². The molecule has 3 aromatic heterocycles. The number of aromatic nitrogens is 3. The Hall–Kier alpha value is -3.13. The lowest BCUT2D eigenvalue weighted by Crippen LogP contribution is -2.24. The Balaban J connectivity index is 1.79. The van der Waals surface area contributed by atoms with E-state index in [0.717, 1.165) is 27.5 Å². The summed E-state index contributed by atoms with van der Waals surface area (Å²) in [4.78, 5) is 15.6. The molecule has 1 aromatic carbocycles. The second-order valence-corrected chi connectivity index (χ2v) is 6.95. The Morgan fingerprint density at radius 1 is 1.27 bits per heavy atom. The average Bonchev–Trinajstić information content (AvgIpc) is 3.23. The highest BCUT2D eigenvalue weighted by atomic mass is 32.1. The number of thiophene rings is 1. The maximum atomic E-state index is 5.37. The van der Waals surface area contributed by atoms with Crippen molar-refractivity contribution in [3.63, 3.8) is 0 Å². The number of guanidine groups is 1. The molecule has 3 heterocycles. The van der Waals surface area contributed by atoms with Crippen molar-refractivity contribution in [2.45, 2.75) is 6.92 Å². The van der Waals surface area contributed by atoms with Crippen LogP contribution in [-0.4, -0.2) is 33.4 Å². The Bertz CT molecular complexity index is 1090. The molecule has 0 fully saturated rings. The second kappa shape index (κ2) is 6.64. The summed E-state index contributed by atoms with van der Waals surface area (Å²) in [7, 11) is 0. The van der Waals surface area contributed by atoms with E-state index in [9.17, 15) is 0 Å².